The summed E-state index contributed by atoms with van der Waals surface area (Å²) in [5, 5.41) is 11.4. The van der Waals surface area contributed by atoms with E-state index in [-0.39, 0.29) is 24.2 Å². The van der Waals surface area contributed by atoms with Crippen LogP contribution in [0.1, 0.15) is 49.7 Å². The van der Waals surface area contributed by atoms with Gasteiger partial charge in [-0.2, -0.15) is 0 Å². The molecule has 1 fully saturated rings. The van der Waals surface area contributed by atoms with Crippen molar-refractivity contribution in [2.24, 2.45) is 0 Å². The minimum atomic E-state index is -1.12. The second kappa shape index (κ2) is 10.3. The molecule has 0 spiro atoms. The first-order valence-corrected chi connectivity index (χ1v) is 12.2. The zero-order valence-electron chi connectivity index (χ0n) is 20.1. The molecular formula is C27H28FN5O3. The number of carbonyl (C=O) groups excluding carboxylic acids is 2. The number of anilines is 1. The van der Waals surface area contributed by atoms with E-state index in [9.17, 15) is 14.0 Å². The van der Waals surface area contributed by atoms with Crippen LogP contribution >= 0.6 is 0 Å². The molecule has 186 valence electrons. The summed E-state index contributed by atoms with van der Waals surface area (Å²) in [5.74, 6) is -0.416. The van der Waals surface area contributed by atoms with Crippen molar-refractivity contribution in [1.29, 1.82) is 0 Å². The Balaban J connectivity index is 1.54. The number of aryl methyl sites for hydroxylation is 1. The van der Waals surface area contributed by atoms with Gasteiger partial charge in [0.15, 0.2) is 6.04 Å². The summed E-state index contributed by atoms with van der Waals surface area (Å²) in [6.45, 7) is 1.58. The molecule has 9 heteroatoms. The van der Waals surface area contributed by atoms with Gasteiger partial charge in [0.2, 0.25) is 5.91 Å². The van der Waals surface area contributed by atoms with Gasteiger partial charge in [-0.05, 0) is 62.2 Å². The van der Waals surface area contributed by atoms with Gasteiger partial charge < -0.3 is 9.73 Å². The Morgan fingerprint density at radius 2 is 1.92 bits per heavy atom. The Bertz CT molecular complexity index is 1370. The van der Waals surface area contributed by atoms with Crippen LogP contribution in [0.3, 0.4) is 0 Å². The Labute approximate surface area is 208 Å². The van der Waals surface area contributed by atoms with Crippen molar-refractivity contribution in [2.45, 2.75) is 57.7 Å². The quantitative estimate of drug-likeness (QED) is 0.406. The molecule has 1 atom stereocenters. The van der Waals surface area contributed by atoms with Crippen LogP contribution in [0.4, 0.5) is 10.1 Å². The van der Waals surface area contributed by atoms with Crippen LogP contribution in [0.25, 0.3) is 11.0 Å². The molecule has 0 radical (unpaired) electrons. The second-order valence-corrected chi connectivity index (χ2v) is 9.17. The van der Waals surface area contributed by atoms with E-state index in [1.807, 2.05) is 18.2 Å². The van der Waals surface area contributed by atoms with Crippen molar-refractivity contribution in [1.82, 2.24) is 20.3 Å². The number of aromatic nitrogens is 3. The fourth-order valence-corrected chi connectivity index (χ4v) is 4.80. The lowest BCUT2D eigenvalue weighted by Gasteiger charge is -2.32. The second-order valence-electron chi connectivity index (χ2n) is 9.17. The molecule has 1 saturated carbocycles. The van der Waals surface area contributed by atoms with E-state index in [0.717, 1.165) is 32.1 Å². The highest BCUT2D eigenvalue weighted by molar-refractivity contribution is 6.01. The molecule has 36 heavy (non-hydrogen) atoms. The van der Waals surface area contributed by atoms with Crippen molar-refractivity contribution >= 4 is 28.5 Å². The number of rotatable bonds is 7. The summed E-state index contributed by atoms with van der Waals surface area (Å²) in [6, 6.07) is 15.3. The summed E-state index contributed by atoms with van der Waals surface area (Å²) in [4.78, 5) is 28.9. The fourth-order valence-electron chi connectivity index (χ4n) is 4.80. The van der Waals surface area contributed by atoms with Gasteiger partial charge in [-0.1, -0.05) is 42.7 Å². The topological polar surface area (TPSA) is 93.3 Å². The van der Waals surface area contributed by atoms with Gasteiger partial charge in [-0.15, -0.1) is 5.10 Å². The van der Waals surface area contributed by atoms with Gasteiger partial charge in [0.25, 0.3) is 5.91 Å². The predicted octanol–water partition coefficient (Wildman–Crippen LogP) is 4.70. The van der Waals surface area contributed by atoms with Gasteiger partial charge >= 0.3 is 0 Å². The maximum atomic E-state index is 14.3. The zero-order chi connectivity index (χ0) is 25.1. The molecule has 0 bridgehead atoms. The standard InChI is InChI=1S/C27H28FN5O3/c1-18-14-15-24(36-18)26(27(35)29-20-9-3-2-4-10-20)33(21-11-7-8-19(28)16-21)25(34)17-32-23-13-6-5-12-22(23)30-31-32/h5-8,11-16,20,26H,2-4,9-10,17H2,1H3,(H,29,35). The third-order valence-corrected chi connectivity index (χ3v) is 6.55. The molecule has 1 aliphatic rings. The number of fused-ring (bicyclic) bond motifs is 1. The largest absolute Gasteiger partial charge is 0.464 e. The number of nitrogens with zero attached hydrogens (tertiary/aromatic N) is 4. The van der Waals surface area contributed by atoms with Crippen LogP contribution < -0.4 is 10.2 Å². The molecule has 1 aliphatic carbocycles. The first kappa shape index (κ1) is 23.7. The summed E-state index contributed by atoms with van der Waals surface area (Å²) >= 11 is 0. The molecule has 1 N–H and O–H groups in total. The normalized spacial score (nSPS) is 15.1. The number of nitrogens with one attached hydrogen (secondary N) is 1. The molecule has 2 aromatic carbocycles. The molecule has 1 unspecified atom stereocenters. The van der Waals surface area contributed by atoms with Gasteiger partial charge in [0, 0.05) is 11.7 Å². The Kier molecular flexibility index (Phi) is 6.79. The van der Waals surface area contributed by atoms with Crippen LogP contribution in [-0.2, 0) is 16.1 Å². The van der Waals surface area contributed by atoms with Gasteiger partial charge in [-0.25, -0.2) is 9.07 Å². The number of carbonyl (C=O) groups is 2. The molecule has 2 aromatic heterocycles. The Morgan fingerprint density at radius 1 is 1.11 bits per heavy atom. The van der Waals surface area contributed by atoms with Crippen LogP contribution in [-0.4, -0.2) is 32.9 Å². The van der Waals surface area contributed by atoms with Crippen LogP contribution in [0, 0.1) is 12.7 Å². The third-order valence-electron chi connectivity index (χ3n) is 6.55. The maximum Gasteiger partial charge on any atom is 0.251 e. The number of halogens is 1. The van der Waals surface area contributed by atoms with Crippen molar-refractivity contribution in [2.75, 3.05) is 4.90 Å². The van der Waals surface area contributed by atoms with E-state index in [1.165, 1.54) is 27.8 Å². The zero-order valence-corrected chi connectivity index (χ0v) is 20.1. The Morgan fingerprint density at radius 3 is 2.67 bits per heavy atom. The molecule has 2 amide bonds. The monoisotopic (exact) mass is 489 g/mol. The Hall–Kier alpha value is -4.01. The highest BCUT2D eigenvalue weighted by Gasteiger charge is 2.36. The van der Waals surface area contributed by atoms with E-state index in [4.69, 9.17) is 4.42 Å². The first-order chi connectivity index (χ1) is 17.5. The van der Waals surface area contributed by atoms with Gasteiger partial charge in [-0.3, -0.25) is 14.5 Å². The SMILES string of the molecule is Cc1ccc(C(C(=O)NC2CCCCC2)N(C(=O)Cn2nnc3ccccc32)c2cccc(F)c2)o1. The maximum absolute atomic E-state index is 14.3. The fraction of sp³-hybridized carbons (Fsp3) is 0.333. The summed E-state index contributed by atoms with van der Waals surface area (Å²) < 4.78 is 21.7. The number of para-hydroxylation sites is 1. The van der Waals surface area contributed by atoms with Crippen molar-refractivity contribution in [3.63, 3.8) is 0 Å². The highest BCUT2D eigenvalue weighted by atomic mass is 19.1. The molecule has 0 saturated heterocycles. The lowest BCUT2D eigenvalue weighted by molar-refractivity contribution is -0.128. The highest BCUT2D eigenvalue weighted by Crippen LogP contribution is 2.31. The minimum Gasteiger partial charge on any atom is -0.464 e. The molecule has 4 aromatic rings. The van der Waals surface area contributed by atoms with E-state index in [2.05, 4.69) is 15.6 Å². The van der Waals surface area contributed by atoms with Gasteiger partial charge in [0.1, 0.15) is 29.4 Å². The lowest BCUT2D eigenvalue weighted by Crippen LogP contribution is -2.48. The summed E-state index contributed by atoms with van der Waals surface area (Å²) in [6.07, 6.45) is 5.00. The van der Waals surface area contributed by atoms with E-state index < -0.39 is 17.8 Å². The molecule has 8 nitrogen and oxygen atoms in total. The summed E-state index contributed by atoms with van der Waals surface area (Å²) in [5.41, 5.74) is 1.58. The minimum absolute atomic E-state index is 0.0218. The first-order valence-electron chi connectivity index (χ1n) is 12.2. The predicted molar refractivity (Wildman–Crippen MR) is 133 cm³/mol. The van der Waals surface area contributed by atoms with Crippen molar-refractivity contribution in [3.8, 4) is 0 Å². The third kappa shape index (κ3) is 5.00. The van der Waals surface area contributed by atoms with Crippen LogP contribution in [0.15, 0.2) is 65.1 Å². The number of furan rings is 1. The molecule has 0 aliphatic heterocycles. The lowest BCUT2D eigenvalue weighted by atomic mass is 9.95. The number of hydrogen-bond acceptors (Lipinski definition) is 5. The average molecular weight is 490 g/mol. The molecule has 5 rings (SSSR count). The van der Waals surface area contributed by atoms with E-state index >= 15 is 0 Å². The van der Waals surface area contributed by atoms with Crippen LogP contribution in [0.2, 0.25) is 0 Å². The van der Waals surface area contributed by atoms with Crippen molar-refractivity contribution < 1.29 is 18.4 Å². The average Bonchev–Trinajstić information content (AvgIpc) is 3.49. The number of amides is 2. The van der Waals surface area contributed by atoms with E-state index in [1.54, 1.807) is 31.2 Å². The van der Waals surface area contributed by atoms with Gasteiger partial charge in [0.05, 0.1) is 5.52 Å². The summed E-state index contributed by atoms with van der Waals surface area (Å²) in [7, 11) is 0. The van der Waals surface area contributed by atoms with Crippen molar-refractivity contribution in [3.05, 3.63) is 78.0 Å². The number of hydrogen-bond donors (Lipinski definition) is 1. The van der Waals surface area contributed by atoms with E-state index in [0.29, 0.717) is 22.6 Å². The van der Waals surface area contributed by atoms with Crippen LogP contribution in [0.5, 0.6) is 0 Å². The molecule has 2 heterocycles. The molecular weight excluding hydrogens is 461 g/mol. The number of benzene rings is 2. The smallest absolute Gasteiger partial charge is 0.251 e.